The van der Waals surface area contributed by atoms with Gasteiger partial charge in [0.2, 0.25) is 0 Å². The summed E-state index contributed by atoms with van der Waals surface area (Å²) in [6.07, 6.45) is 10.6. The second-order valence-corrected chi connectivity index (χ2v) is 6.03. The minimum absolute atomic E-state index is 0.187. The lowest BCUT2D eigenvalue weighted by atomic mass is 9.99. The first-order chi connectivity index (χ1) is 9.69. The SMILES string of the molecule is CCC.CCCCCCCCN1CCC(O)CC1CO. The molecule has 2 unspecified atom stereocenters. The van der Waals surface area contributed by atoms with Gasteiger partial charge >= 0.3 is 0 Å². The molecule has 0 aromatic rings. The molecule has 20 heavy (non-hydrogen) atoms. The molecule has 0 bridgehead atoms. The van der Waals surface area contributed by atoms with Gasteiger partial charge in [-0.25, -0.2) is 0 Å². The molecule has 0 aromatic heterocycles. The molecule has 0 saturated carbocycles. The standard InChI is InChI=1S/C14H29NO2.C3H8/c1-2-3-4-5-6-7-9-15-10-8-14(17)11-13(15)12-16;1-3-2/h13-14,16-17H,2-12H2,1H3;3H2,1-2H3. The number of hydrogen-bond acceptors (Lipinski definition) is 3. The Morgan fingerprint density at radius 2 is 1.60 bits per heavy atom. The van der Waals surface area contributed by atoms with Gasteiger partial charge < -0.3 is 10.2 Å². The van der Waals surface area contributed by atoms with Crippen LogP contribution in [0.1, 0.15) is 78.6 Å². The zero-order chi connectivity index (χ0) is 15.2. The molecule has 0 spiro atoms. The Morgan fingerprint density at radius 3 is 2.20 bits per heavy atom. The maximum Gasteiger partial charge on any atom is 0.0587 e. The number of aliphatic hydroxyl groups is 2. The maximum absolute atomic E-state index is 9.56. The van der Waals surface area contributed by atoms with E-state index in [1.807, 2.05) is 0 Å². The van der Waals surface area contributed by atoms with Crippen LogP contribution in [-0.2, 0) is 0 Å². The van der Waals surface area contributed by atoms with E-state index in [0.717, 1.165) is 25.9 Å². The molecule has 0 aromatic carbocycles. The van der Waals surface area contributed by atoms with E-state index >= 15 is 0 Å². The summed E-state index contributed by atoms with van der Waals surface area (Å²) in [6.45, 7) is 8.71. The lowest BCUT2D eigenvalue weighted by Crippen LogP contribution is -2.46. The fourth-order valence-corrected chi connectivity index (χ4v) is 2.66. The zero-order valence-electron chi connectivity index (χ0n) is 14.0. The molecular weight excluding hydrogens is 250 g/mol. The zero-order valence-corrected chi connectivity index (χ0v) is 14.0. The first kappa shape index (κ1) is 19.9. The Kier molecular flexibility index (Phi) is 13.8. The quantitative estimate of drug-likeness (QED) is 0.671. The van der Waals surface area contributed by atoms with Crippen LogP contribution in [0.3, 0.4) is 0 Å². The van der Waals surface area contributed by atoms with E-state index in [9.17, 15) is 10.2 Å². The van der Waals surface area contributed by atoms with Crippen LogP contribution in [0.2, 0.25) is 0 Å². The van der Waals surface area contributed by atoms with E-state index in [4.69, 9.17) is 0 Å². The molecule has 0 amide bonds. The minimum atomic E-state index is -0.201. The molecular formula is C17H37NO2. The number of hydrogen-bond donors (Lipinski definition) is 2. The van der Waals surface area contributed by atoms with E-state index in [2.05, 4.69) is 25.7 Å². The van der Waals surface area contributed by atoms with Crippen LogP contribution in [0.25, 0.3) is 0 Å². The monoisotopic (exact) mass is 287 g/mol. The van der Waals surface area contributed by atoms with Crippen LogP contribution in [0, 0.1) is 0 Å². The van der Waals surface area contributed by atoms with E-state index < -0.39 is 0 Å². The largest absolute Gasteiger partial charge is 0.395 e. The van der Waals surface area contributed by atoms with Gasteiger partial charge in [0, 0.05) is 12.6 Å². The van der Waals surface area contributed by atoms with Crippen LogP contribution in [0.4, 0.5) is 0 Å². The Balaban J connectivity index is 0.00000110. The number of nitrogens with zero attached hydrogens (tertiary/aromatic N) is 1. The molecule has 3 heteroatoms. The lowest BCUT2D eigenvalue weighted by molar-refractivity contribution is 0.0163. The Morgan fingerprint density at radius 1 is 1.00 bits per heavy atom. The highest BCUT2D eigenvalue weighted by Crippen LogP contribution is 2.18. The van der Waals surface area contributed by atoms with Crippen molar-refractivity contribution in [2.45, 2.75) is 90.7 Å². The Labute approximate surface area is 126 Å². The molecule has 122 valence electrons. The third kappa shape index (κ3) is 9.73. The van der Waals surface area contributed by atoms with Crippen molar-refractivity contribution in [1.29, 1.82) is 0 Å². The summed E-state index contributed by atoms with van der Waals surface area (Å²) in [5.74, 6) is 0. The molecule has 1 heterocycles. The highest BCUT2D eigenvalue weighted by atomic mass is 16.3. The number of rotatable bonds is 8. The molecule has 1 aliphatic rings. The summed E-state index contributed by atoms with van der Waals surface area (Å²) < 4.78 is 0. The number of unbranched alkanes of at least 4 members (excludes halogenated alkanes) is 5. The summed E-state index contributed by atoms with van der Waals surface area (Å²) in [5.41, 5.74) is 0. The minimum Gasteiger partial charge on any atom is -0.395 e. The molecule has 2 atom stereocenters. The fourth-order valence-electron chi connectivity index (χ4n) is 2.66. The van der Waals surface area contributed by atoms with Crippen LogP contribution in [0.5, 0.6) is 0 Å². The molecule has 0 radical (unpaired) electrons. The van der Waals surface area contributed by atoms with Gasteiger partial charge in [0.25, 0.3) is 0 Å². The highest BCUT2D eigenvalue weighted by molar-refractivity contribution is 4.80. The molecule has 1 saturated heterocycles. The van der Waals surface area contributed by atoms with Gasteiger partial charge in [-0.3, -0.25) is 4.90 Å². The van der Waals surface area contributed by atoms with Gasteiger partial charge in [-0.2, -0.15) is 0 Å². The van der Waals surface area contributed by atoms with Gasteiger partial charge in [-0.1, -0.05) is 59.3 Å². The van der Waals surface area contributed by atoms with Crippen molar-refractivity contribution in [3.05, 3.63) is 0 Å². The van der Waals surface area contributed by atoms with Gasteiger partial charge in [0.05, 0.1) is 12.7 Å². The van der Waals surface area contributed by atoms with E-state index in [1.54, 1.807) is 0 Å². The predicted molar refractivity (Wildman–Crippen MR) is 87.0 cm³/mol. The Hall–Kier alpha value is -0.120. The first-order valence-electron chi connectivity index (χ1n) is 8.72. The van der Waals surface area contributed by atoms with Gasteiger partial charge in [-0.15, -0.1) is 0 Å². The average molecular weight is 287 g/mol. The number of piperidine rings is 1. The molecule has 1 fully saturated rings. The van der Waals surface area contributed by atoms with Crippen molar-refractivity contribution in [3.63, 3.8) is 0 Å². The molecule has 1 aliphatic heterocycles. The number of likely N-dealkylation sites (tertiary alicyclic amines) is 1. The van der Waals surface area contributed by atoms with Crippen LogP contribution in [-0.4, -0.2) is 47.0 Å². The summed E-state index contributed by atoms with van der Waals surface area (Å²) in [5, 5.41) is 18.9. The summed E-state index contributed by atoms with van der Waals surface area (Å²) in [7, 11) is 0. The average Bonchev–Trinajstić information content (AvgIpc) is 2.44. The van der Waals surface area contributed by atoms with Crippen LogP contribution >= 0.6 is 0 Å². The summed E-state index contributed by atoms with van der Waals surface area (Å²) in [6, 6.07) is 0.189. The van der Waals surface area contributed by atoms with Crippen molar-refractivity contribution in [3.8, 4) is 0 Å². The van der Waals surface area contributed by atoms with Crippen molar-refractivity contribution in [2.75, 3.05) is 19.7 Å². The molecule has 0 aliphatic carbocycles. The van der Waals surface area contributed by atoms with E-state index in [0.29, 0.717) is 0 Å². The smallest absolute Gasteiger partial charge is 0.0587 e. The third-order valence-electron chi connectivity index (χ3n) is 3.82. The van der Waals surface area contributed by atoms with E-state index in [-0.39, 0.29) is 18.8 Å². The normalized spacial score (nSPS) is 23.2. The summed E-state index contributed by atoms with van der Waals surface area (Å²) in [4.78, 5) is 2.35. The number of aliphatic hydroxyl groups excluding tert-OH is 2. The molecule has 2 N–H and O–H groups in total. The first-order valence-corrected chi connectivity index (χ1v) is 8.72. The molecule has 1 rings (SSSR count). The van der Waals surface area contributed by atoms with Crippen molar-refractivity contribution >= 4 is 0 Å². The van der Waals surface area contributed by atoms with Crippen molar-refractivity contribution < 1.29 is 10.2 Å². The highest BCUT2D eigenvalue weighted by Gasteiger charge is 2.25. The van der Waals surface area contributed by atoms with Gasteiger partial charge in [0.15, 0.2) is 0 Å². The predicted octanol–water partition coefficient (Wildman–Crippen LogP) is 3.58. The lowest BCUT2D eigenvalue weighted by Gasteiger charge is -2.36. The van der Waals surface area contributed by atoms with Crippen molar-refractivity contribution in [2.24, 2.45) is 0 Å². The topological polar surface area (TPSA) is 43.7 Å². The summed E-state index contributed by atoms with van der Waals surface area (Å²) >= 11 is 0. The maximum atomic E-state index is 9.56. The second kappa shape index (κ2) is 13.8. The van der Waals surface area contributed by atoms with E-state index in [1.165, 1.54) is 44.9 Å². The van der Waals surface area contributed by atoms with Crippen molar-refractivity contribution in [1.82, 2.24) is 4.90 Å². The molecule has 3 nitrogen and oxygen atoms in total. The fraction of sp³-hybridized carbons (Fsp3) is 1.00. The van der Waals surface area contributed by atoms with Crippen LogP contribution < -0.4 is 0 Å². The Bertz CT molecular complexity index is 199. The second-order valence-electron chi connectivity index (χ2n) is 6.03. The van der Waals surface area contributed by atoms with Gasteiger partial charge in [0.1, 0.15) is 0 Å². The van der Waals surface area contributed by atoms with Crippen LogP contribution in [0.15, 0.2) is 0 Å². The third-order valence-corrected chi connectivity index (χ3v) is 3.82. The van der Waals surface area contributed by atoms with Gasteiger partial charge in [-0.05, 0) is 25.8 Å².